The Hall–Kier alpha value is -2.05. The number of anilines is 1. The van der Waals surface area contributed by atoms with Gasteiger partial charge in [-0.1, -0.05) is 24.3 Å². The van der Waals surface area contributed by atoms with Gasteiger partial charge in [0.25, 0.3) is 0 Å². The van der Waals surface area contributed by atoms with Crippen LogP contribution < -0.4 is 4.90 Å². The molecule has 0 unspecified atom stereocenters. The van der Waals surface area contributed by atoms with Gasteiger partial charge in [-0.2, -0.15) is 5.26 Å². The Morgan fingerprint density at radius 3 is 2.55 bits per heavy atom. The molecule has 102 valence electrons. The van der Waals surface area contributed by atoms with E-state index in [0.29, 0.717) is 0 Å². The SMILES string of the molecule is CN1CCCN(c2ccc(C#N)c3ccccc23)CC1. The maximum absolute atomic E-state index is 9.25. The summed E-state index contributed by atoms with van der Waals surface area (Å²) in [7, 11) is 2.18. The highest BCUT2D eigenvalue weighted by atomic mass is 15.2. The van der Waals surface area contributed by atoms with Gasteiger partial charge in [0.2, 0.25) is 0 Å². The largest absolute Gasteiger partial charge is 0.370 e. The summed E-state index contributed by atoms with van der Waals surface area (Å²) in [6.45, 7) is 4.38. The fourth-order valence-corrected chi connectivity index (χ4v) is 2.94. The average Bonchev–Trinajstić information content (AvgIpc) is 2.71. The van der Waals surface area contributed by atoms with Crippen molar-refractivity contribution in [2.24, 2.45) is 0 Å². The van der Waals surface area contributed by atoms with Crippen LogP contribution in [0.4, 0.5) is 5.69 Å². The maximum Gasteiger partial charge on any atom is 0.0998 e. The molecule has 3 heteroatoms. The van der Waals surface area contributed by atoms with Gasteiger partial charge in [0.05, 0.1) is 11.6 Å². The molecule has 0 amide bonds. The van der Waals surface area contributed by atoms with E-state index in [1.165, 1.54) is 17.5 Å². The van der Waals surface area contributed by atoms with Crippen molar-refractivity contribution in [2.45, 2.75) is 6.42 Å². The van der Waals surface area contributed by atoms with Crippen molar-refractivity contribution in [3.05, 3.63) is 42.0 Å². The van der Waals surface area contributed by atoms with E-state index in [4.69, 9.17) is 0 Å². The minimum atomic E-state index is 0.760. The van der Waals surface area contributed by atoms with Crippen molar-refractivity contribution in [3.63, 3.8) is 0 Å². The number of nitrogens with zero attached hydrogens (tertiary/aromatic N) is 3. The number of hydrogen-bond acceptors (Lipinski definition) is 3. The van der Waals surface area contributed by atoms with Crippen LogP contribution in [0, 0.1) is 11.3 Å². The van der Waals surface area contributed by atoms with E-state index in [-0.39, 0.29) is 0 Å². The van der Waals surface area contributed by atoms with Crippen molar-refractivity contribution in [1.29, 1.82) is 5.26 Å². The fraction of sp³-hybridized carbons (Fsp3) is 0.353. The number of fused-ring (bicyclic) bond motifs is 1. The minimum absolute atomic E-state index is 0.760. The molecule has 3 nitrogen and oxygen atoms in total. The Morgan fingerprint density at radius 2 is 1.75 bits per heavy atom. The topological polar surface area (TPSA) is 30.3 Å². The first kappa shape index (κ1) is 13.0. The predicted octanol–water partition coefficient (Wildman–Crippen LogP) is 2.85. The van der Waals surface area contributed by atoms with Gasteiger partial charge in [0.1, 0.15) is 0 Å². The molecule has 0 aromatic heterocycles. The van der Waals surface area contributed by atoms with Gasteiger partial charge in [-0.25, -0.2) is 0 Å². The summed E-state index contributed by atoms with van der Waals surface area (Å²) in [5.41, 5.74) is 2.02. The average molecular weight is 265 g/mol. The molecule has 1 aliphatic rings. The Bertz CT molecular complexity index is 657. The van der Waals surface area contributed by atoms with Gasteiger partial charge in [-0.05, 0) is 32.1 Å². The Labute approximate surface area is 120 Å². The van der Waals surface area contributed by atoms with Gasteiger partial charge in [-0.15, -0.1) is 0 Å². The Balaban J connectivity index is 2.06. The van der Waals surface area contributed by atoms with Gasteiger partial charge in [-0.3, -0.25) is 0 Å². The third-order valence-electron chi connectivity index (χ3n) is 4.08. The second-order valence-corrected chi connectivity index (χ2v) is 5.43. The highest BCUT2D eigenvalue weighted by Gasteiger charge is 2.15. The lowest BCUT2D eigenvalue weighted by atomic mass is 10.0. The molecule has 0 atom stereocenters. The molecule has 20 heavy (non-hydrogen) atoms. The van der Waals surface area contributed by atoms with Crippen LogP contribution in [0.25, 0.3) is 10.8 Å². The van der Waals surface area contributed by atoms with Crippen LogP contribution in [0.1, 0.15) is 12.0 Å². The van der Waals surface area contributed by atoms with Gasteiger partial charge in [0.15, 0.2) is 0 Å². The molecule has 0 spiro atoms. The molecule has 0 radical (unpaired) electrons. The van der Waals surface area contributed by atoms with Crippen LogP contribution in [0.2, 0.25) is 0 Å². The van der Waals surface area contributed by atoms with Gasteiger partial charge < -0.3 is 9.80 Å². The molecule has 2 aromatic rings. The van der Waals surface area contributed by atoms with Crippen LogP contribution in [0.15, 0.2) is 36.4 Å². The van der Waals surface area contributed by atoms with E-state index in [2.05, 4.69) is 41.1 Å². The number of rotatable bonds is 1. The first-order valence-corrected chi connectivity index (χ1v) is 7.15. The summed E-state index contributed by atoms with van der Waals surface area (Å²) >= 11 is 0. The zero-order chi connectivity index (χ0) is 13.9. The van der Waals surface area contributed by atoms with Crippen molar-refractivity contribution >= 4 is 16.5 Å². The van der Waals surface area contributed by atoms with Crippen LogP contribution >= 0.6 is 0 Å². The maximum atomic E-state index is 9.25. The van der Waals surface area contributed by atoms with E-state index < -0.39 is 0 Å². The lowest BCUT2D eigenvalue weighted by Gasteiger charge is -2.24. The van der Waals surface area contributed by atoms with E-state index in [0.717, 1.165) is 37.1 Å². The summed E-state index contributed by atoms with van der Waals surface area (Å²) in [6.07, 6.45) is 1.19. The summed E-state index contributed by atoms with van der Waals surface area (Å²) in [6, 6.07) is 14.6. The Kier molecular flexibility index (Phi) is 3.58. The lowest BCUT2D eigenvalue weighted by molar-refractivity contribution is 0.360. The quantitative estimate of drug-likeness (QED) is 0.794. The second kappa shape index (κ2) is 5.52. The molecule has 2 aromatic carbocycles. The minimum Gasteiger partial charge on any atom is -0.370 e. The first-order chi connectivity index (χ1) is 9.79. The van der Waals surface area contributed by atoms with Crippen molar-refractivity contribution < 1.29 is 0 Å². The molecule has 0 N–H and O–H groups in total. The summed E-state index contributed by atoms with van der Waals surface area (Å²) in [5, 5.41) is 11.5. The molecule has 1 fully saturated rings. The third-order valence-corrected chi connectivity index (χ3v) is 4.08. The normalized spacial score (nSPS) is 16.9. The molecular formula is C17H19N3. The molecule has 1 heterocycles. The summed E-state index contributed by atoms with van der Waals surface area (Å²) < 4.78 is 0. The van der Waals surface area contributed by atoms with E-state index >= 15 is 0 Å². The second-order valence-electron chi connectivity index (χ2n) is 5.43. The number of hydrogen-bond donors (Lipinski definition) is 0. The number of likely N-dealkylation sites (N-methyl/N-ethyl adjacent to an activating group) is 1. The zero-order valence-electron chi connectivity index (χ0n) is 11.8. The van der Waals surface area contributed by atoms with Crippen LogP contribution in [-0.2, 0) is 0 Å². The van der Waals surface area contributed by atoms with E-state index in [1.54, 1.807) is 0 Å². The van der Waals surface area contributed by atoms with Crippen LogP contribution in [-0.4, -0.2) is 38.1 Å². The zero-order valence-corrected chi connectivity index (χ0v) is 11.8. The highest BCUT2D eigenvalue weighted by molar-refractivity contribution is 5.97. The number of benzene rings is 2. The smallest absolute Gasteiger partial charge is 0.0998 e. The van der Waals surface area contributed by atoms with Crippen LogP contribution in [0.3, 0.4) is 0 Å². The number of nitriles is 1. The Morgan fingerprint density at radius 1 is 0.950 bits per heavy atom. The standard InChI is InChI=1S/C17H19N3/c1-19-9-4-10-20(12-11-19)17-8-7-14(13-18)15-5-2-3-6-16(15)17/h2-3,5-8H,4,9-12H2,1H3. The van der Waals surface area contributed by atoms with Crippen molar-refractivity contribution in [2.75, 3.05) is 38.1 Å². The molecule has 1 aliphatic heterocycles. The summed E-state index contributed by atoms with van der Waals surface area (Å²) in [4.78, 5) is 4.83. The van der Waals surface area contributed by atoms with Gasteiger partial charge in [0, 0.05) is 36.1 Å². The van der Waals surface area contributed by atoms with E-state index in [1.807, 2.05) is 18.2 Å². The van der Waals surface area contributed by atoms with Crippen molar-refractivity contribution in [3.8, 4) is 6.07 Å². The first-order valence-electron chi connectivity index (χ1n) is 7.15. The molecule has 0 saturated carbocycles. The predicted molar refractivity (Wildman–Crippen MR) is 83.0 cm³/mol. The van der Waals surface area contributed by atoms with Gasteiger partial charge >= 0.3 is 0 Å². The summed E-state index contributed by atoms with van der Waals surface area (Å²) in [5.74, 6) is 0. The molecule has 0 bridgehead atoms. The highest BCUT2D eigenvalue weighted by Crippen LogP contribution is 2.29. The fourth-order valence-electron chi connectivity index (χ4n) is 2.94. The molecule has 0 aliphatic carbocycles. The lowest BCUT2D eigenvalue weighted by Crippen LogP contribution is -2.28. The van der Waals surface area contributed by atoms with Crippen LogP contribution in [0.5, 0.6) is 0 Å². The monoisotopic (exact) mass is 265 g/mol. The van der Waals surface area contributed by atoms with E-state index in [9.17, 15) is 5.26 Å². The molecule has 3 rings (SSSR count). The molecular weight excluding hydrogens is 246 g/mol. The van der Waals surface area contributed by atoms with Crippen molar-refractivity contribution in [1.82, 2.24) is 4.90 Å². The molecule has 1 saturated heterocycles. The third kappa shape index (κ3) is 2.35.